The maximum absolute atomic E-state index is 13.5. The van der Waals surface area contributed by atoms with Crippen LogP contribution in [0.25, 0.3) is 0 Å². The Morgan fingerprint density at radius 2 is 2.11 bits per heavy atom. The number of rotatable bonds is 4. The lowest BCUT2D eigenvalue weighted by Crippen LogP contribution is -2.42. The van der Waals surface area contributed by atoms with E-state index in [9.17, 15) is 4.39 Å². The van der Waals surface area contributed by atoms with Crippen LogP contribution in [0.15, 0.2) is 18.2 Å². The third kappa shape index (κ3) is 3.67. The molecule has 0 aromatic heterocycles. The molecule has 1 heterocycles. The maximum Gasteiger partial charge on any atom is 0.127 e. The fourth-order valence-electron chi connectivity index (χ4n) is 2.39. The van der Waals surface area contributed by atoms with Crippen molar-refractivity contribution in [1.29, 1.82) is 0 Å². The fraction of sp³-hybridized carbons (Fsp3) is 0.571. The first-order valence-corrected chi connectivity index (χ1v) is 6.96. The molecule has 1 saturated heterocycles. The predicted molar refractivity (Wildman–Crippen MR) is 73.4 cm³/mol. The highest BCUT2D eigenvalue weighted by Crippen LogP contribution is 2.16. The first-order chi connectivity index (χ1) is 8.69. The highest BCUT2D eigenvalue weighted by atomic mass is 35.5. The van der Waals surface area contributed by atoms with Gasteiger partial charge < -0.3 is 10.2 Å². The molecule has 0 aliphatic carbocycles. The van der Waals surface area contributed by atoms with Crippen LogP contribution in [0.3, 0.4) is 0 Å². The second kappa shape index (κ2) is 6.50. The largest absolute Gasteiger partial charge is 0.310 e. The molecule has 1 fully saturated rings. The molecular weight excluding hydrogens is 251 g/mol. The monoisotopic (exact) mass is 270 g/mol. The van der Waals surface area contributed by atoms with Gasteiger partial charge in [0.15, 0.2) is 0 Å². The van der Waals surface area contributed by atoms with Crippen LogP contribution >= 0.6 is 11.6 Å². The van der Waals surface area contributed by atoms with E-state index in [-0.39, 0.29) is 5.82 Å². The van der Waals surface area contributed by atoms with Gasteiger partial charge in [0.25, 0.3) is 0 Å². The van der Waals surface area contributed by atoms with Crippen molar-refractivity contribution in [2.45, 2.75) is 32.4 Å². The Bertz CT molecular complexity index is 389. The second-order valence-electron chi connectivity index (χ2n) is 4.83. The number of hydrogen-bond donors (Lipinski definition) is 1. The van der Waals surface area contributed by atoms with Gasteiger partial charge in [0.1, 0.15) is 5.82 Å². The van der Waals surface area contributed by atoms with Crippen LogP contribution < -0.4 is 5.32 Å². The molecule has 4 heteroatoms. The van der Waals surface area contributed by atoms with E-state index in [4.69, 9.17) is 11.6 Å². The zero-order chi connectivity index (χ0) is 13.0. The summed E-state index contributed by atoms with van der Waals surface area (Å²) in [6.07, 6.45) is 2.27. The van der Waals surface area contributed by atoms with Crippen LogP contribution in [0, 0.1) is 5.82 Å². The molecule has 1 N–H and O–H groups in total. The van der Waals surface area contributed by atoms with E-state index in [0.717, 1.165) is 32.5 Å². The van der Waals surface area contributed by atoms with Crippen molar-refractivity contribution in [3.63, 3.8) is 0 Å². The smallest absolute Gasteiger partial charge is 0.127 e. The fourth-order valence-corrected chi connectivity index (χ4v) is 2.58. The lowest BCUT2D eigenvalue weighted by atomic mass is 10.0. The molecule has 1 aromatic rings. The van der Waals surface area contributed by atoms with E-state index < -0.39 is 0 Å². The maximum atomic E-state index is 13.5. The molecule has 1 aromatic carbocycles. The van der Waals surface area contributed by atoms with Crippen molar-refractivity contribution in [2.75, 3.05) is 19.6 Å². The number of halogens is 2. The molecule has 1 aliphatic heterocycles. The van der Waals surface area contributed by atoms with Crippen LogP contribution in [-0.4, -0.2) is 30.6 Å². The Morgan fingerprint density at radius 1 is 1.39 bits per heavy atom. The van der Waals surface area contributed by atoms with Gasteiger partial charge >= 0.3 is 0 Å². The summed E-state index contributed by atoms with van der Waals surface area (Å²) in [6, 6.07) is 5.20. The summed E-state index contributed by atoms with van der Waals surface area (Å²) in [5.74, 6) is -0.183. The van der Waals surface area contributed by atoms with E-state index in [1.165, 1.54) is 6.07 Å². The van der Waals surface area contributed by atoms with Crippen molar-refractivity contribution in [3.05, 3.63) is 34.6 Å². The standard InChI is InChI=1S/C14H20ClFN2/c1-2-18-7-5-13(6-8-18)17-10-11-9-12(15)3-4-14(11)16/h3-4,9,13,17H,2,5-8,10H2,1H3. The molecule has 1 aliphatic rings. The molecular formula is C14H20ClFN2. The van der Waals surface area contributed by atoms with E-state index in [2.05, 4.69) is 17.1 Å². The average Bonchev–Trinajstić information content (AvgIpc) is 2.40. The Morgan fingerprint density at radius 3 is 2.78 bits per heavy atom. The van der Waals surface area contributed by atoms with E-state index in [0.29, 0.717) is 23.2 Å². The van der Waals surface area contributed by atoms with Gasteiger partial charge in [-0.1, -0.05) is 18.5 Å². The van der Waals surface area contributed by atoms with Crippen molar-refractivity contribution in [1.82, 2.24) is 10.2 Å². The van der Waals surface area contributed by atoms with Gasteiger partial charge in [-0.3, -0.25) is 0 Å². The number of likely N-dealkylation sites (tertiary alicyclic amines) is 1. The van der Waals surface area contributed by atoms with Crippen LogP contribution in [0.1, 0.15) is 25.3 Å². The van der Waals surface area contributed by atoms with Gasteiger partial charge in [-0.25, -0.2) is 4.39 Å². The lowest BCUT2D eigenvalue weighted by Gasteiger charge is -2.31. The number of nitrogens with one attached hydrogen (secondary N) is 1. The topological polar surface area (TPSA) is 15.3 Å². The molecule has 0 radical (unpaired) electrons. The quantitative estimate of drug-likeness (QED) is 0.905. The van der Waals surface area contributed by atoms with Crippen molar-refractivity contribution < 1.29 is 4.39 Å². The van der Waals surface area contributed by atoms with Crippen LogP contribution in [-0.2, 0) is 6.54 Å². The van der Waals surface area contributed by atoms with Gasteiger partial charge in [-0.15, -0.1) is 0 Å². The zero-order valence-electron chi connectivity index (χ0n) is 10.8. The molecule has 100 valence electrons. The second-order valence-corrected chi connectivity index (χ2v) is 5.26. The lowest BCUT2D eigenvalue weighted by molar-refractivity contribution is 0.205. The summed E-state index contributed by atoms with van der Waals surface area (Å²) >= 11 is 5.88. The number of benzene rings is 1. The summed E-state index contributed by atoms with van der Waals surface area (Å²) in [4.78, 5) is 2.44. The molecule has 0 bridgehead atoms. The molecule has 0 unspecified atom stereocenters. The van der Waals surface area contributed by atoms with Gasteiger partial charge in [0.05, 0.1) is 0 Å². The van der Waals surface area contributed by atoms with E-state index >= 15 is 0 Å². The number of piperidine rings is 1. The van der Waals surface area contributed by atoms with Gasteiger partial charge in [0, 0.05) is 23.2 Å². The van der Waals surface area contributed by atoms with E-state index in [1.807, 2.05) is 0 Å². The van der Waals surface area contributed by atoms with Crippen LogP contribution in [0.5, 0.6) is 0 Å². The highest BCUT2D eigenvalue weighted by Gasteiger charge is 2.17. The van der Waals surface area contributed by atoms with Crippen LogP contribution in [0.4, 0.5) is 4.39 Å². The summed E-state index contributed by atoms with van der Waals surface area (Å²) in [5, 5.41) is 4.02. The minimum Gasteiger partial charge on any atom is -0.310 e. The minimum atomic E-state index is -0.183. The summed E-state index contributed by atoms with van der Waals surface area (Å²) in [7, 11) is 0. The number of nitrogens with zero attached hydrogens (tertiary/aromatic N) is 1. The molecule has 0 amide bonds. The molecule has 0 saturated carbocycles. The molecule has 18 heavy (non-hydrogen) atoms. The first-order valence-electron chi connectivity index (χ1n) is 6.58. The molecule has 0 spiro atoms. The van der Waals surface area contributed by atoms with Gasteiger partial charge in [0.2, 0.25) is 0 Å². The first kappa shape index (κ1) is 13.8. The van der Waals surface area contributed by atoms with Crippen molar-refractivity contribution in [2.24, 2.45) is 0 Å². The zero-order valence-corrected chi connectivity index (χ0v) is 11.5. The molecule has 2 rings (SSSR count). The van der Waals surface area contributed by atoms with Crippen molar-refractivity contribution >= 4 is 11.6 Å². The van der Waals surface area contributed by atoms with E-state index in [1.54, 1.807) is 12.1 Å². The molecule has 2 nitrogen and oxygen atoms in total. The normalized spacial score (nSPS) is 18.2. The Kier molecular flexibility index (Phi) is 4.98. The summed E-state index contributed by atoms with van der Waals surface area (Å²) in [6.45, 7) is 6.13. The minimum absolute atomic E-state index is 0.183. The Hall–Kier alpha value is -0.640. The SMILES string of the molecule is CCN1CCC(NCc2cc(Cl)ccc2F)CC1. The number of hydrogen-bond acceptors (Lipinski definition) is 2. The Balaban J connectivity index is 1.83. The summed E-state index contributed by atoms with van der Waals surface area (Å²) < 4.78 is 13.5. The van der Waals surface area contributed by atoms with Crippen molar-refractivity contribution in [3.8, 4) is 0 Å². The third-order valence-corrected chi connectivity index (χ3v) is 3.86. The molecule has 0 atom stereocenters. The third-order valence-electron chi connectivity index (χ3n) is 3.62. The average molecular weight is 271 g/mol. The predicted octanol–water partition coefficient (Wildman–Crippen LogP) is 3.05. The van der Waals surface area contributed by atoms with Crippen LogP contribution in [0.2, 0.25) is 5.02 Å². The summed E-state index contributed by atoms with van der Waals surface area (Å²) in [5.41, 5.74) is 0.653. The van der Waals surface area contributed by atoms with Gasteiger partial charge in [-0.2, -0.15) is 0 Å². The Labute approximate surface area is 113 Å². The van der Waals surface area contributed by atoms with Gasteiger partial charge in [-0.05, 0) is 50.7 Å². The highest BCUT2D eigenvalue weighted by molar-refractivity contribution is 6.30.